The first-order chi connectivity index (χ1) is 9.74. The Morgan fingerprint density at radius 2 is 2.30 bits per heavy atom. The first-order valence-corrected chi connectivity index (χ1v) is 7.75. The molecule has 3 rings (SSSR count). The summed E-state index contributed by atoms with van der Waals surface area (Å²) in [6, 6.07) is 1.68. The van der Waals surface area contributed by atoms with Crippen LogP contribution >= 0.6 is 15.9 Å². The van der Waals surface area contributed by atoms with Gasteiger partial charge in [0.2, 0.25) is 0 Å². The normalized spacial score (nSPS) is 23.1. The maximum atomic E-state index is 12.4. The molecular weight excluding hydrogens is 326 g/mol. The summed E-state index contributed by atoms with van der Waals surface area (Å²) in [6.07, 6.45) is 4.04. The van der Waals surface area contributed by atoms with Crippen molar-refractivity contribution in [1.29, 1.82) is 0 Å². The van der Waals surface area contributed by atoms with E-state index in [0.717, 1.165) is 12.5 Å². The van der Waals surface area contributed by atoms with E-state index in [-0.39, 0.29) is 12.0 Å². The summed E-state index contributed by atoms with van der Waals surface area (Å²) in [6.45, 7) is 3.11. The Bertz CT molecular complexity index is 471. The number of carbonyl (C=O) groups excluding carboxylic acids is 1. The zero-order valence-corrected chi connectivity index (χ0v) is 12.8. The van der Waals surface area contributed by atoms with Gasteiger partial charge in [-0.3, -0.25) is 4.79 Å². The molecule has 1 saturated heterocycles. The maximum absolute atomic E-state index is 12.4. The van der Waals surface area contributed by atoms with E-state index in [2.05, 4.69) is 15.9 Å². The molecule has 0 bridgehead atoms. The van der Waals surface area contributed by atoms with Crippen LogP contribution in [0.1, 0.15) is 23.2 Å². The van der Waals surface area contributed by atoms with Crippen LogP contribution in [0.15, 0.2) is 21.4 Å². The lowest BCUT2D eigenvalue weighted by Gasteiger charge is -2.32. The molecule has 6 heteroatoms. The van der Waals surface area contributed by atoms with Gasteiger partial charge in [-0.15, -0.1) is 0 Å². The highest BCUT2D eigenvalue weighted by Gasteiger charge is 2.28. The van der Waals surface area contributed by atoms with E-state index < -0.39 is 0 Å². The lowest BCUT2D eigenvalue weighted by Crippen LogP contribution is -2.47. The molecule has 110 valence electrons. The van der Waals surface area contributed by atoms with Crippen LogP contribution in [0.2, 0.25) is 0 Å². The predicted molar refractivity (Wildman–Crippen MR) is 75.6 cm³/mol. The number of hydrogen-bond donors (Lipinski definition) is 0. The standard InChI is InChI=1S/C14H18BrNO4/c15-13-12(3-5-20-13)14(17)16-4-6-19-11(7-16)9-18-8-10-1-2-10/h3,5,10-11H,1-2,4,6-9H2/t11-/m0/s1. The van der Waals surface area contributed by atoms with Crippen molar-refractivity contribution in [2.75, 3.05) is 32.9 Å². The summed E-state index contributed by atoms with van der Waals surface area (Å²) in [7, 11) is 0. The van der Waals surface area contributed by atoms with Crippen molar-refractivity contribution in [2.24, 2.45) is 5.92 Å². The van der Waals surface area contributed by atoms with Crippen molar-refractivity contribution in [3.8, 4) is 0 Å². The fourth-order valence-electron chi connectivity index (χ4n) is 2.27. The zero-order chi connectivity index (χ0) is 13.9. The molecule has 1 amide bonds. The van der Waals surface area contributed by atoms with E-state index in [0.29, 0.717) is 36.5 Å². The zero-order valence-electron chi connectivity index (χ0n) is 11.2. The van der Waals surface area contributed by atoms with Gasteiger partial charge in [-0.25, -0.2) is 0 Å². The number of rotatable bonds is 5. The molecule has 0 spiro atoms. The van der Waals surface area contributed by atoms with Gasteiger partial charge in [-0.1, -0.05) is 0 Å². The Hall–Kier alpha value is -0.850. The molecule has 0 N–H and O–H groups in total. The van der Waals surface area contributed by atoms with E-state index in [1.807, 2.05) is 0 Å². The van der Waals surface area contributed by atoms with Crippen LogP contribution in [0, 0.1) is 5.92 Å². The van der Waals surface area contributed by atoms with E-state index in [9.17, 15) is 4.79 Å². The van der Waals surface area contributed by atoms with E-state index >= 15 is 0 Å². The number of hydrogen-bond acceptors (Lipinski definition) is 4. The number of carbonyl (C=O) groups is 1. The van der Waals surface area contributed by atoms with Crippen LogP contribution < -0.4 is 0 Å². The molecule has 1 atom stereocenters. The topological polar surface area (TPSA) is 51.9 Å². The van der Waals surface area contributed by atoms with Gasteiger partial charge in [-0.2, -0.15) is 0 Å². The maximum Gasteiger partial charge on any atom is 0.258 e. The summed E-state index contributed by atoms with van der Waals surface area (Å²) in [4.78, 5) is 14.2. The van der Waals surface area contributed by atoms with Crippen molar-refractivity contribution >= 4 is 21.8 Å². The fourth-order valence-corrected chi connectivity index (χ4v) is 2.68. The minimum Gasteiger partial charge on any atom is -0.457 e. The van der Waals surface area contributed by atoms with Crippen LogP contribution in [0.4, 0.5) is 0 Å². The summed E-state index contributed by atoms with van der Waals surface area (Å²) >= 11 is 3.24. The summed E-state index contributed by atoms with van der Waals surface area (Å²) in [5.74, 6) is 0.722. The van der Waals surface area contributed by atoms with Crippen LogP contribution in [0.25, 0.3) is 0 Å². The van der Waals surface area contributed by atoms with Crippen molar-refractivity contribution in [2.45, 2.75) is 18.9 Å². The lowest BCUT2D eigenvalue weighted by molar-refractivity contribution is -0.0629. The van der Waals surface area contributed by atoms with Gasteiger partial charge < -0.3 is 18.8 Å². The van der Waals surface area contributed by atoms with Gasteiger partial charge in [0.05, 0.1) is 31.1 Å². The minimum absolute atomic E-state index is 0.0267. The second kappa shape index (κ2) is 6.28. The molecule has 0 unspecified atom stereocenters. The second-order valence-corrected chi connectivity index (χ2v) is 6.05. The largest absolute Gasteiger partial charge is 0.457 e. The van der Waals surface area contributed by atoms with Crippen molar-refractivity contribution in [3.63, 3.8) is 0 Å². The highest BCUT2D eigenvalue weighted by atomic mass is 79.9. The second-order valence-electron chi connectivity index (χ2n) is 5.33. The van der Waals surface area contributed by atoms with Gasteiger partial charge in [0.15, 0.2) is 4.67 Å². The van der Waals surface area contributed by atoms with Crippen LogP contribution in [-0.2, 0) is 9.47 Å². The van der Waals surface area contributed by atoms with Gasteiger partial charge in [0.25, 0.3) is 5.91 Å². The Morgan fingerprint density at radius 1 is 1.45 bits per heavy atom. The Balaban J connectivity index is 1.51. The highest BCUT2D eigenvalue weighted by molar-refractivity contribution is 9.10. The Morgan fingerprint density at radius 3 is 3.00 bits per heavy atom. The molecule has 2 fully saturated rings. The smallest absolute Gasteiger partial charge is 0.258 e. The molecule has 1 aromatic heterocycles. The minimum atomic E-state index is -0.0304. The number of amides is 1. The van der Waals surface area contributed by atoms with E-state index in [1.54, 1.807) is 11.0 Å². The summed E-state index contributed by atoms with van der Waals surface area (Å²) < 4.78 is 16.9. The molecule has 1 aliphatic heterocycles. The average molecular weight is 344 g/mol. The molecule has 2 heterocycles. The third kappa shape index (κ3) is 3.42. The van der Waals surface area contributed by atoms with Crippen molar-refractivity contribution in [1.82, 2.24) is 4.90 Å². The third-order valence-corrected chi connectivity index (χ3v) is 4.24. The van der Waals surface area contributed by atoms with Crippen molar-refractivity contribution < 1.29 is 18.7 Å². The first-order valence-electron chi connectivity index (χ1n) is 6.95. The SMILES string of the molecule is O=C(c1ccoc1Br)N1CCO[C@H](COCC2CC2)C1. The van der Waals surface area contributed by atoms with Gasteiger partial charge >= 0.3 is 0 Å². The monoisotopic (exact) mass is 343 g/mol. The molecule has 1 aromatic rings. The fraction of sp³-hybridized carbons (Fsp3) is 0.643. The van der Waals surface area contributed by atoms with Gasteiger partial charge in [0.1, 0.15) is 0 Å². The molecular formula is C14H18BrNO4. The van der Waals surface area contributed by atoms with Crippen LogP contribution in [0.5, 0.6) is 0 Å². The molecule has 0 radical (unpaired) electrons. The average Bonchev–Trinajstić information content (AvgIpc) is 3.18. The summed E-state index contributed by atoms with van der Waals surface area (Å²) in [5, 5.41) is 0. The van der Waals surface area contributed by atoms with Crippen LogP contribution in [-0.4, -0.2) is 49.8 Å². The van der Waals surface area contributed by atoms with E-state index in [1.165, 1.54) is 19.1 Å². The van der Waals surface area contributed by atoms with Gasteiger partial charge in [-0.05, 0) is 40.8 Å². The molecule has 20 heavy (non-hydrogen) atoms. The molecule has 1 saturated carbocycles. The number of furan rings is 1. The first kappa shape index (κ1) is 14.1. The molecule has 1 aliphatic carbocycles. The molecule has 5 nitrogen and oxygen atoms in total. The highest BCUT2D eigenvalue weighted by Crippen LogP contribution is 2.29. The Labute approximate surface area is 126 Å². The van der Waals surface area contributed by atoms with Gasteiger partial charge in [0, 0.05) is 19.7 Å². The quantitative estimate of drug-likeness (QED) is 0.823. The number of nitrogens with zero attached hydrogens (tertiary/aromatic N) is 1. The predicted octanol–water partition coefficient (Wildman–Crippen LogP) is 2.31. The van der Waals surface area contributed by atoms with Crippen LogP contribution in [0.3, 0.4) is 0 Å². The van der Waals surface area contributed by atoms with E-state index in [4.69, 9.17) is 13.9 Å². The molecule has 2 aliphatic rings. The molecule has 0 aromatic carbocycles. The van der Waals surface area contributed by atoms with Crippen molar-refractivity contribution in [3.05, 3.63) is 22.6 Å². The Kier molecular flexibility index (Phi) is 4.43. The summed E-state index contributed by atoms with van der Waals surface area (Å²) in [5.41, 5.74) is 0.560. The third-order valence-electron chi connectivity index (χ3n) is 3.63. The number of morpholine rings is 1. The number of ether oxygens (including phenoxy) is 2. The lowest BCUT2D eigenvalue weighted by atomic mass is 10.2. The number of halogens is 1.